The van der Waals surface area contributed by atoms with Crippen LogP contribution in [0.25, 0.3) is 0 Å². The molecule has 0 bridgehead atoms. The topological polar surface area (TPSA) is 87.2 Å². The van der Waals surface area contributed by atoms with Crippen LogP contribution in [-0.2, 0) is 10.0 Å². The van der Waals surface area contributed by atoms with E-state index in [-0.39, 0.29) is 17.3 Å². The van der Waals surface area contributed by atoms with Gasteiger partial charge in [0.1, 0.15) is 10.7 Å². The maximum absolute atomic E-state index is 13.5. The van der Waals surface area contributed by atoms with Gasteiger partial charge in [0.25, 0.3) is 0 Å². The van der Waals surface area contributed by atoms with Gasteiger partial charge in [-0.15, -0.1) is 0 Å². The fraction of sp³-hybridized carbons (Fsp3) is 0.364. The third-order valence-electron chi connectivity index (χ3n) is 2.59. The molecule has 1 aromatic rings. The molecule has 1 aromatic carbocycles. The summed E-state index contributed by atoms with van der Waals surface area (Å²) in [5.74, 6) is -1.32. The highest BCUT2D eigenvalue weighted by atomic mass is 32.2. The number of nitrogens with zero attached hydrogens (tertiary/aromatic N) is 1. The van der Waals surface area contributed by atoms with Gasteiger partial charge in [-0.1, -0.05) is 19.1 Å². The Kier molecular flexibility index (Phi) is 4.42. The quantitative estimate of drug-likeness (QED) is 0.620. The van der Waals surface area contributed by atoms with Gasteiger partial charge in [0, 0.05) is 19.5 Å². The summed E-state index contributed by atoms with van der Waals surface area (Å²) in [5.41, 5.74) is 5.28. The molecule has 0 heterocycles. The standard InChI is InChI=1S/C11H16FN3O2S/c1-8(11(13)14)7-15(2)18(16,17)10-6-4-3-5-9(10)12/h3-6,8H,7H2,1-2H3,(H3,13,14). The molecule has 0 aliphatic heterocycles. The van der Waals surface area contributed by atoms with Crippen LogP contribution in [-0.4, -0.2) is 32.2 Å². The van der Waals surface area contributed by atoms with Crippen LogP contribution in [0.4, 0.5) is 4.39 Å². The first-order chi connectivity index (χ1) is 8.26. The average Bonchev–Trinajstić information content (AvgIpc) is 2.28. The smallest absolute Gasteiger partial charge is 0.245 e. The van der Waals surface area contributed by atoms with Crippen molar-refractivity contribution >= 4 is 15.9 Å². The maximum Gasteiger partial charge on any atom is 0.245 e. The van der Waals surface area contributed by atoms with Crippen LogP contribution in [0.15, 0.2) is 29.2 Å². The Morgan fingerprint density at radius 1 is 1.50 bits per heavy atom. The molecule has 0 fully saturated rings. The summed E-state index contributed by atoms with van der Waals surface area (Å²) in [6, 6.07) is 5.18. The lowest BCUT2D eigenvalue weighted by Crippen LogP contribution is -2.36. The number of hydrogen-bond donors (Lipinski definition) is 2. The first-order valence-electron chi connectivity index (χ1n) is 5.31. The van der Waals surface area contributed by atoms with Crippen molar-refractivity contribution < 1.29 is 12.8 Å². The number of rotatable bonds is 5. The fourth-order valence-corrected chi connectivity index (χ4v) is 2.72. The van der Waals surface area contributed by atoms with Crippen LogP contribution in [0.5, 0.6) is 0 Å². The van der Waals surface area contributed by atoms with E-state index in [0.29, 0.717) is 0 Å². The Labute approximate surface area is 106 Å². The number of amidine groups is 1. The van der Waals surface area contributed by atoms with Gasteiger partial charge < -0.3 is 5.73 Å². The molecular formula is C11H16FN3O2S. The van der Waals surface area contributed by atoms with Crippen molar-refractivity contribution in [3.05, 3.63) is 30.1 Å². The molecule has 0 saturated carbocycles. The maximum atomic E-state index is 13.5. The molecule has 7 heteroatoms. The first-order valence-corrected chi connectivity index (χ1v) is 6.75. The van der Waals surface area contributed by atoms with E-state index in [0.717, 1.165) is 10.4 Å². The number of sulfonamides is 1. The van der Waals surface area contributed by atoms with E-state index in [4.69, 9.17) is 11.1 Å². The Hall–Kier alpha value is -1.47. The Bertz CT molecular complexity index is 545. The van der Waals surface area contributed by atoms with E-state index in [1.54, 1.807) is 6.92 Å². The van der Waals surface area contributed by atoms with Crippen LogP contribution in [0, 0.1) is 17.1 Å². The number of hydrogen-bond acceptors (Lipinski definition) is 3. The average molecular weight is 273 g/mol. The molecule has 1 rings (SSSR count). The van der Waals surface area contributed by atoms with Gasteiger partial charge in [0.15, 0.2) is 0 Å². The molecule has 0 saturated heterocycles. The molecule has 0 aromatic heterocycles. The van der Waals surface area contributed by atoms with Crippen molar-refractivity contribution in [1.82, 2.24) is 4.31 Å². The second kappa shape index (κ2) is 5.45. The van der Waals surface area contributed by atoms with Crippen LogP contribution in [0.2, 0.25) is 0 Å². The molecule has 5 nitrogen and oxygen atoms in total. The summed E-state index contributed by atoms with van der Waals surface area (Å²) in [6.07, 6.45) is 0. The summed E-state index contributed by atoms with van der Waals surface area (Å²) < 4.78 is 38.6. The summed E-state index contributed by atoms with van der Waals surface area (Å²) >= 11 is 0. The van der Waals surface area contributed by atoms with Gasteiger partial charge in [-0.05, 0) is 12.1 Å². The van der Waals surface area contributed by atoms with Gasteiger partial charge in [0.2, 0.25) is 10.0 Å². The van der Waals surface area contributed by atoms with Crippen molar-refractivity contribution in [3.8, 4) is 0 Å². The summed E-state index contributed by atoms with van der Waals surface area (Å²) in [4.78, 5) is -0.372. The first kappa shape index (κ1) is 14.6. The highest BCUT2D eigenvalue weighted by Gasteiger charge is 2.25. The molecule has 0 aliphatic rings. The molecule has 0 amide bonds. The predicted molar refractivity (Wildman–Crippen MR) is 67.3 cm³/mol. The monoisotopic (exact) mass is 273 g/mol. The van der Waals surface area contributed by atoms with E-state index in [1.165, 1.54) is 25.2 Å². The zero-order chi connectivity index (χ0) is 13.9. The molecule has 0 aliphatic carbocycles. The molecular weight excluding hydrogens is 257 g/mol. The number of nitrogens with one attached hydrogen (secondary N) is 1. The lowest BCUT2D eigenvalue weighted by molar-refractivity contribution is 0.438. The number of benzene rings is 1. The summed E-state index contributed by atoms with van der Waals surface area (Å²) in [6.45, 7) is 1.67. The van der Waals surface area contributed by atoms with Crippen LogP contribution < -0.4 is 5.73 Å². The molecule has 0 spiro atoms. The van der Waals surface area contributed by atoms with Crippen molar-refractivity contribution in [2.24, 2.45) is 11.7 Å². The lowest BCUT2D eigenvalue weighted by atomic mass is 10.2. The molecule has 1 atom stereocenters. The van der Waals surface area contributed by atoms with E-state index in [2.05, 4.69) is 0 Å². The fourth-order valence-electron chi connectivity index (χ4n) is 1.40. The normalized spacial score (nSPS) is 13.6. The zero-order valence-corrected chi connectivity index (χ0v) is 11.0. The molecule has 3 N–H and O–H groups in total. The minimum absolute atomic E-state index is 0.0337. The second-order valence-corrected chi connectivity index (χ2v) is 6.09. The Balaban J connectivity index is 3.01. The highest BCUT2D eigenvalue weighted by Crippen LogP contribution is 2.18. The minimum atomic E-state index is -3.89. The summed E-state index contributed by atoms with van der Waals surface area (Å²) in [5, 5.41) is 7.23. The molecule has 18 heavy (non-hydrogen) atoms. The van der Waals surface area contributed by atoms with Crippen molar-refractivity contribution in [2.75, 3.05) is 13.6 Å². The molecule has 1 unspecified atom stereocenters. The van der Waals surface area contributed by atoms with E-state index in [9.17, 15) is 12.8 Å². The zero-order valence-electron chi connectivity index (χ0n) is 10.2. The van der Waals surface area contributed by atoms with Crippen molar-refractivity contribution in [3.63, 3.8) is 0 Å². The van der Waals surface area contributed by atoms with E-state index >= 15 is 0 Å². The van der Waals surface area contributed by atoms with Crippen LogP contribution in [0.3, 0.4) is 0 Å². The van der Waals surface area contributed by atoms with Gasteiger partial charge in [-0.25, -0.2) is 17.1 Å². The summed E-state index contributed by atoms with van der Waals surface area (Å²) in [7, 11) is -2.56. The van der Waals surface area contributed by atoms with E-state index in [1.807, 2.05) is 0 Å². The molecule has 0 radical (unpaired) electrons. The van der Waals surface area contributed by atoms with Gasteiger partial charge in [0.05, 0.1) is 5.84 Å². The predicted octanol–water partition coefficient (Wildman–Crippen LogP) is 1.02. The van der Waals surface area contributed by atoms with Crippen molar-refractivity contribution in [2.45, 2.75) is 11.8 Å². The third-order valence-corrected chi connectivity index (χ3v) is 4.44. The third kappa shape index (κ3) is 3.05. The Morgan fingerprint density at radius 2 is 2.06 bits per heavy atom. The van der Waals surface area contributed by atoms with Crippen LogP contribution >= 0.6 is 0 Å². The minimum Gasteiger partial charge on any atom is -0.387 e. The number of nitrogens with two attached hydrogens (primary N) is 1. The van der Waals surface area contributed by atoms with Gasteiger partial charge in [-0.2, -0.15) is 0 Å². The van der Waals surface area contributed by atoms with Crippen molar-refractivity contribution in [1.29, 1.82) is 5.41 Å². The highest BCUT2D eigenvalue weighted by molar-refractivity contribution is 7.89. The lowest BCUT2D eigenvalue weighted by Gasteiger charge is -2.20. The van der Waals surface area contributed by atoms with Crippen LogP contribution in [0.1, 0.15) is 6.92 Å². The Morgan fingerprint density at radius 3 is 2.56 bits per heavy atom. The van der Waals surface area contributed by atoms with Gasteiger partial charge in [-0.3, -0.25) is 5.41 Å². The SMILES string of the molecule is CC(CN(C)S(=O)(=O)c1ccccc1F)C(=N)N. The largest absolute Gasteiger partial charge is 0.387 e. The van der Waals surface area contributed by atoms with E-state index < -0.39 is 21.8 Å². The second-order valence-electron chi connectivity index (χ2n) is 4.07. The number of halogens is 1. The molecule has 100 valence electrons. The van der Waals surface area contributed by atoms with Gasteiger partial charge >= 0.3 is 0 Å².